The molecule has 0 aliphatic rings. The van der Waals surface area contributed by atoms with E-state index in [1.54, 1.807) is 38.1 Å². The third kappa shape index (κ3) is 3.84. The van der Waals surface area contributed by atoms with Crippen LogP contribution in [0.15, 0.2) is 42.5 Å². The number of carbonyl (C=O) groups is 2. The van der Waals surface area contributed by atoms with Gasteiger partial charge in [-0.1, -0.05) is 35.9 Å². The molecule has 0 N–H and O–H groups in total. The van der Waals surface area contributed by atoms with Gasteiger partial charge in [-0.05, 0) is 20.3 Å². The number of allylic oxidation sites excluding steroid dienone is 1. The summed E-state index contributed by atoms with van der Waals surface area (Å²) in [5, 5.41) is 0. The van der Waals surface area contributed by atoms with Crippen molar-refractivity contribution in [3.8, 4) is 0 Å². The summed E-state index contributed by atoms with van der Waals surface area (Å²) >= 11 is 0. The van der Waals surface area contributed by atoms with E-state index in [4.69, 9.17) is 4.74 Å². The number of esters is 1. The van der Waals surface area contributed by atoms with E-state index in [0.717, 1.165) is 5.57 Å². The molecule has 0 spiro atoms. The molecule has 96 valence electrons. The summed E-state index contributed by atoms with van der Waals surface area (Å²) < 4.78 is 4.95. The predicted octanol–water partition coefficient (Wildman–Crippen LogP) is 3.01. The molecule has 1 aromatic carbocycles. The molecule has 1 rings (SSSR count). The van der Waals surface area contributed by atoms with Crippen molar-refractivity contribution in [3.05, 3.63) is 48.0 Å². The lowest BCUT2D eigenvalue weighted by atomic mass is 9.92. The van der Waals surface area contributed by atoms with E-state index in [2.05, 4.69) is 6.58 Å². The molecule has 0 aromatic heterocycles. The molecule has 0 heterocycles. The maximum atomic E-state index is 12.3. The highest BCUT2D eigenvalue weighted by Crippen LogP contribution is 2.18. The Bertz CT molecular complexity index is 434. The molecule has 1 atom stereocenters. The summed E-state index contributed by atoms with van der Waals surface area (Å²) in [6.07, 6.45) is 0.326. The van der Waals surface area contributed by atoms with Crippen LogP contribution in [0.25, 0.3) is 0 Å². The quantitative estimate of drug-likeness (QED) is 0.335. The molecule has 0 amide bonds. The van der Waals surface area contributed by atoms with Gasteiger partial charge >= 0.3 is 5.97 Å². The smallest absolute Gasteiger partial charge is 0.317 e. The second-order valence-electron chi connectivity index (χ2n) is 4.20. The summed E-state index contributed by atoms with van der Waals surface area (Å²) in [6.45, 7) is 7.55. The first-order chi connectivity index (χ1) is 8.56. The van der Waals surface area contributed by atoms with Crippen LogP contribution in [0.3, 0.4) is 0 Å². The molecule has 18 heavy (non-hydrogen) atoms. The molecule has 0 aliphatic heterocycles. The number of carbonyl (C=O) groups excluding carboxylic acids is 2. The zero-order valence-electron chi connectivity index (χ0n) is 10.8. The summed E-state index contributed by atoms with van der Waals surface area (Å²) in [6, 6.07) is 8.78. The van der Waals surface area contributed by atoms with Crippen LogP contribution in [-0.2, 0) is 9.53 Å². The number of hydrogen-bond acceptors (Lipinski definition) is 3. The van der Waals surface area contributed by atoms with Crippen molar-refractivity contribution in [1.29, 1.82) is 0 Å². The lowest BCUT2D eigenvalue weighted by Gasteiger charge is -2.14. The molecule has 0 saturated heterocycles. The highest BCUT2D eigenvalue weighted by molar-refractivity contribution is 6.08. The summed E-state index contributed by atoms with van der Waals surface area (Å²) in [4.78, 5) is 24.1. The van der Waals surface area contributed by atoms with E-state index in [9.17, 15) is 9.59 Å². The predicted molar refractivity (Wildman–Crippen MR) is 70.3 cm³/mol. The van der Waals surface area contributed by atoms with Gasteiger partial charge in [-0.15, -0.1) is 6.58 Å². The Morgan fingerprint density at radius 3 is 2.39 bits per heavy atom. The molecular weight excluding hydrogens is 228 g/mol. The van der Waals surface area contributed by atoms with Gasteiger partial charge in [0.2, 0.25) is 0 Å². The van der Waals surface area contributed by atoms with Crippen LogP contribution in [0.2, 0.25) is 0 Å². The summed E-state index contributed by atoms with van der Waals surface area (Å²) in [7, 11) is 0. The van der Waals surface area contributed by atoms with Crippen molar-refractivity contribution >= 4 is 11.8 Å². The number of Topliss-reactive ketones (excluding diaryl/α,β-unsaturated/α-hetero) is 1. The zero-order valence-corrected chi connectivity index (χ0v) is 10.8. The number of hydrogen-bond donors (Lipinski definition) is 0. The van der Waals surface area contributed by atoms with Gasteiger partial charge in [0.05, 0.1) is 6.61 Å². The molecule has 0 fully saturated rings. The van der Waals surface area contributed by atoms with Crippen molar-refractivity contribution in [3.63, 3.8) is 0 Å². The van der Waals surface area contributed by atoms with Crippen LogP contribution in [0.5, 0.6) is 0 Å². The van der Waals surface area contributed by atoms with E-state index in [1.165, 1.54) is 0 Å². The monoisotopic (exact) mass is 246 g/mol. The van der Waals surface area contributed by atoms with Crippen LogP contribution >= 0.6 is 0 Å². The third-order valence-corrected chi connectivity index (χ3v) is 2.50. The molecule has 0 radical (unpaired) electrons. The Morgan fingerprint density at radius 2 is 1.89 bits per heavy atom. The first-order valence-electron chi connectivity index (χ1n) is 5.96. The lowest BCUT2D eigenvalue weighted by molar-refractivity contribution is -0.146. The number of ketones is 1. The molecule has 0 bridgehead atoms. The average Bonchev–Trinajstić information content (AvgIpc) is 2.36. The minimum atomic E-state index is -0.787. The number of benzene rings is 1. The summed E-state index contributed by atoms with van der Waals surface area (Å²) in [5.41, 5.74) is 1.31. The van der Waals surface area contributed by atoms with Crippen LogP contribution in [-0.4, -0.2) is 18.4 Å². The highest BCUT2D eigenvalue weighted by atomic mass is 16.5. The fraction of sp³-hybridized carbons (Fsp3) is 0.333. The minimum absolute atomic E-state index is 0.211. The van der Waals surface area contributed by atoms with Crippen molar-refractivity contribution in [2.45, 2.75) is 20.3 Å². The number of rotatable bonds is 6. The average molecular weight is 246 g/mol. The van der Waals surface area contributed by atoms with E-state index in [1.807, 2.05) is 6.07 Å². The fourth-order valence-electron chi connectivity index (χ4n) is 1.68. The Hall–Kier alpha value is -1.90. The lowest BCUT2D eigenvalue weighted by Crippen LogP contribution is -2.26. The second kappa shape index (κ2) is 6.74. The van der Waals surface area contributed by atoms with Gasteiger partial charge in [0.1, 0.15) is 5.92 Å². The molecule has 3 heteroatoms. The first kappa shape index (κ1) is 14.2. The van der Waals surface area contributed by atoms with E-state index in [-0.39, 0.29) is 12.4 Å². The Morgan fingerprint density at radius 1 is 1.28 bits per heavy atom. The minimum Gasteiger partial charge on any atom is -0.465 e. The van der Waals surface area contributed by atoms with Gasteiger partial charge in [-0.3, -0.25) is 9.59 Å². The summed E-state index contributed by atoms with van der Waals surface area (Å²) in [5.74, 6) is -1.48. The van der Waals surface area contributed by atoms with Crippen LogP contribution in [0.4, 0.5) is 0 Å². The molecule has 0 aliphatic carbocycles. The maximum absolute atomic E-state index is 12.3. The largest absolute Gasteiger partial charge is 0.465 e. The third-order valence-electron chi connectivity index (χ3n) is 2.50. The molecule has 1 aromatic rings. The van der Waals surface area contributed by atoms with E-state index in [0.29, 0.717) is 12.0 Å². The Balaban J connectivity index is 2.92. The fourth-order valence-corrected chi connectivity index (χ4v) is 1.68. The zero-order chi connectivity index (χ0) is 13.5. The van der Waals surface area contributed by atoms with Gasteiger partial charge in [-0.2, -0.15) is 0 Å². The molecule has 1 unspecified atom stereocenters. The maximum Gasteiger partial charge on any atom is 0.317 e. The van der Waals surface area contributed by atoms with Crippen molar-refractivity contribution < 1.29 is 14.3 Å². The normalized spacial score (nSPS) is 11.7. The van der Waals surface area contributed by atoms with Crippen LogP contribution in [0.1, 0.15) is 30.6 Å². The van der Waals surface area contributed by atoms with Gasteiger partial charge in [0.15, 0.2) is 5.78 Å². The van der Waals surface area contributed by atoms with Gasteiger partial charge < -0.3 is 4.74 Å². The SMILES string of the molecule is C=C(C)CC(C(=O)OCC)C(=O)c1ccccc1. The van der Waals surface area contributed by atoms with E-state index >= 15 is 0 Å². The molecule has 0 saturated carbocycles. The molecular formula is C15H18O3. The van der Waals surface area contributed by atoms with Gasteiger partial charge in [0.25, 0.3) is 0 Å². The first-order valence-corrected chi connectivity index (χ1v) is 5.96. The van der Waals surface area contributed by atoms with Gasteiger partial charge in [0, 0.05) is 5.56 Å². The highest BCUT2D eigenvalue weighted by Gasteiger charge is 2.28. The Kier molecular flexibility index (Phi) is 5.31. The van der Waals surface area contributed by atoms with Gasteiger partial charge in [-0.25, -0.2) is 0 Å². The van der Waals surface area contributed by atoms with E-state index < -0.39 is 11.9 Å². The Labute approximate surface area is 107 Å². The van der Waals surface area contributed by atoms with Crippen molar-refractivity contribution in [2.75, 3.05) is 6.61 Å². The standard InChI is InChI=1S/C15H18O3/c1-4-18-15(17)13(10-11(2)3)14(16)12-8-6-5-7-9-12/h5-9,13H,2,4,10H2,1,3H3. The topological polar surface area (TPSA) is 43.4 Å². The van der Waals surface area contributed by atoms with Crippen LogP contribution < -0.4 is 0 Å². The van der Waals surface area contributed by atoms with Crippen molar-refractivity contribution in [1.82, 2.24) is 0 Å². The molecule has 3 nitrogen and oxygen atoms in total. The van der Waals surface area contributed by atoms with Crippen molar-refractivity contribution in [2.24, 2.45) is 5.92 Å². The van der Waals surface area contributed by atoms with Crippen LogP contribution in [0, 0.1) is 5.92 Å². The number of ether oxygens (including phenoxy) is 1. The second-order valence-corrected chi connectivity index (χ2v) is 4.20.